The van der Waals surface area contributed by atoms with Crippen LogP contribution in [-0.2, 0) is 7.05 Å². The van der Waals surface area contributed by atoms with Crippen molar-refractivity contribution in [3.05, 3.63) is 17.0 Å². The second-order valence-electron chi connectivity index (χ2n) is 6.50. The lowest BCUT2D eigenvalue weighted by Crippen LogP contribution is -2.43. The molecule has 2 aliphatic heterocycles. The average Bonchev–Trinajstić information content (AvgIpc) is 3.08. The zero-order valence-electron chi connectivity index (χ0n) is 13.4. The maximum atomic E-state index is 12.7. The van der Waals surface area contributed by atoms with E-state index in [1.54, 1.807) is 4.68 Å². The van der Waals surface area contributed by atoms with Gasteiger partial charge in [-0.3, -0.25) is 9.48 Å². The van der Waals surface area contributed by atoms with Gasteiger partial charge in [-0.05, 0) is 52.0 Å². The molecule has 2 aliphatic rings. The average molecular weight is 290 g/mol. The zero-order valence-corrected chi connectivity index (χ0v) is 13.4. The highest BCUT2D eigenvalue weighted by Gasteiger charge is 2.31. The van der Waals surface area contributed by atoms with Crippen molar-refractivity contribution in [3.8, 4) is 0 Å². The molecule has 5 nitrogen and oxygen atoms in total. The molecule has 1 amide bonds. The van der Waals surface area contributed by atoms with Crippen LogP contribution in [0.4, 0.5) is 0 Å². The van der Waals surface area contributed by atoms with Crippen LogP contribution in [0.2, 0.25) is 0 Å². The molecule has 1 aromatic heterocycles. The van der Waals surface area contributed by atoms with Crippen molar-refractivity contribution in [3.63, 3.8) is 0 Å². The van der Waals surface area contributed by atoms with E-state index in [4.69, 9.17) is 0 Å². The van der Waals surface area contributed by atoms with Gasteiger partial charge < -0.3 is 10.2 Å². The highest BCUT2D eigenvalue weighted by Crippen LogP contribution is 2.27. The van der Waals surface area contributed by atoms with Crippen molar-refractivity contribution in [2.45, 2.75) is 45.6 Å². The van der Waals surface area contributed by atoms with Gasteiger partial charge in [0, 0.05) is 31.9 Å². The summed E-state index contributed by atoms with van der Waals surface area (Å²) in [6.45, 7) is 6.83. The molecule has 1 unspecified atom stereocenters. The number of aromatic nitrogens is 2. The predicted molar refractivity (Wildman–Crippen MR) is 82.3 cm³/mol. The molecule has 21 heavy (non-hydrogen) atoms. The molecule has 1 atom stereocenters. The number of carbonyl (C=O) groups is 1. The van der Waals surface area contributed by atoms with Crippen molar-refractivity contribution in [1.82, 2.24) is 20.0 Å². The molecule has 116 valence electrons. The molecule has 2 saturated heterocycles. The Hall–Kier alpha value is -1.36. The van der Waals surface area contributed by atoms with Crippen LogP contribution in [0, 0.1) is 19.8 Å². The first-order valence-corrected chi connectivity index (χ1v) is 8.10. The molecule has 5 heteroatoms. The van der Waals surface area contributed by atoms with E-state index in [1.165, 1.54) is 12.8 Å². The molecule has 0 radical (unpaired) electrons. The highest BCUT2D eigenvalue weighted by molar-refractivity contribution is 5.96. The molecule has 3 heterocycles. The predicted octanol–water partition coefficient (Wildman–Crippen LogP) is 1.64. The summed E-state index contributed by atoms with van der Waals surface area (Å²) in [7, 11) is 1.90. The lowest BCUT2D eigenvalue weighted by Gasteiger charge is -2.35. The van der Waals surface area contributed by atoms with Gasteiger partial charge in [-0.15, -0.1) is 0 Å². The van der Waals surface area contributed by atoms with E-state index in [2.05, 4.69) is 10.4 Å². The number of carbonyl (C=O) groups excluding carboxylic acids is 1. The SMILES string of the molecule is Cc1nn(C)c(C)c1C(=O)N1CCC(C2CCCN2)CC1. The Morgan fingerprint density at radius 1 is 1.24 bits per heavy atom. The van der Waals surface area contributed by atoms with E-state index < -0.39 is 0 Å². The van der Waals surface area contributed by atoms with E-state index in [1.807, 2.05) is 25.8 Å². The van der Waals surface area contributed by atoms with Crippen LogP contribution < -0.4 is 5.32 Å². The molecule has 3 rings (SSSR count). The quantitative estimate of drug-likeness (QED) is 0.901. The number of nitrogens with one attached hydrogen (secondary N) is 1. The van der Waals surface area contributed by atoms with Gasteiger partial charge in [0.2, 0.25) is 0 Å². The van der Waals surface area contributed by atoms with Crippen molar-refractivity contribution in [1.29, 1.82) is 0 Å². The summed E-state index contributed by atoms with van der Waals surface area (Å²) >= 11 is 0. The lowest BCUT2D eigenvalue weighted by molar-refractivity contribution is 0.0673. The number of likely N-dealkylation sites (tertiary alicyclic amines) is 1. The molecule has 1 aromatic rings. The number of aryl methyl sites for hydroxylation is 2. The number of piperidine rings is 1. The minimum absolute atomic E-state index is 0.163. The minimum Gasteiger partial charge on any atom is -0.339 e. The van der Waals surface area contributed by atoms with E-state index in [0.29, 0.717) is 6.04 Å². The summed E-state index contributed by atoms with van der Waals surface area (Å²) in [5.74, 6) is 0.906. The highest BCUT2D eigenvalue weighted by atomic mass is 16.2. The van der Waals surface area contributed by atoms with Gasteiger partial charge in [0.05, 0.1) is 11.3 Å². The molecule has 1 N–H and O–H groups in total. The van der Waals surface area contributed by atoms with Gasteiger partial charge in [0.1, 0.15) is 0 Å². The summed E-state index contributed by atoms with van der Waals surface area (Å²) in [6.07, 6.45) is 4.86. The van der Waals surface area contributed by atoms with E-state index in [9.17, 15) is 4.79 Å². The maximum absolute atomic E-state index is 12.7. The first-order chi connectivity index (χ1) is 10.1. The Labute approximate surface area is 126 Å². The summed E-state index contributed by atoms with van der Waals surface area (Å²) < 4.78 is 1.80. The topological polar surface area (TPSA) is 50.2 Å². The molecular formula is C16H26N4O. The summed E-state index contributed by atoms with van der Waals surface area (Å²) in [4.78, 5) is 14.8. The van der Waals surface area contributed by atoms with Gasteiger partial charge in [-0.2, -0.15) is 5.10 Å². The number of nitrogens with zero attached hydrogens (tertiary/aromatic N) is 3. The van der Waals surface area contributed by atoms with Crippen molar-refractivity contribution >= 4 is 5.91 Å². The van der Waals surface area contributed by atoms with Crippen molar-refractivity contribution in [2.24, 2.45) is 13.0 Å². The number of hydrogen-bond donors (Lipinski definition) is 1. The zero-order chi connectivity index (χ0) is 15.0. The fourth-order valence-electron chi connectivity index (χ4n) is 3.86. The van der Waals surface area contributed by atoms with Gasteiger partial charge >= 0.3 is 0 Å². The van der Waals surface area contributed by atoms with E-state index in [0.717, 1.165) is 55.3 Å². The van der Waals surface area contributed by atoms with Gasteiger partial charge in [0.25, 0.3) is 5.91 Å². The minimum atomic E-state index is 0.163. The fourth-order valence-corrected chi connectivity index (χ4v) is 3.86. The molecular weight excluding hydrogens is 264 g/mol. The summed E-state index contributed by atoms with van der Waals surface area (Å²) in [6, 6.07) is 0.684. The van der Waals surface area contributed by atoms with Crippen LogP contribution in [0.3, 0.4) is 0 Å². The second kappa shape index (κ2) is 5.79. The Balaban J connectivity index is 1.65. The molecule has 0 saturated carbocycles. The van der Waals surface area contributed by atoms with Gasteiger partial charge in [-0.25, -0.2) is 0 Å². The van der Waals surface area contributed by atoms with E-state index in [-0.39, 0.29) is 5.91 Å². The van der Waals surface area contributed by atoms with Crippen LogP contribution in [-0.4, -0.2) is 46.3 Å². The molecule has 0 aromatic carbocycles. The largest absolute Gasteiger partial charge is 0.339 e. The van der Waals surface area contributed by atoms with Gasteiger partial charge in [0.15, 0.2) is 0 Å². The third-order valence-corrected chi connectivity index (χ3v) is 5.22. The van der Waals surface area contributed by atoms with Crippen LogP contribution in [0.5, 0.6) is 0 Å². The van der Waals surface area contributed by atoms with Crippen LogP contribution in [0.1, 0.15) is 47.4 Å². The van der Waals surface area contributed by atoms with Crippen LogP contribution >= 0.6 is 0 Å². The molecule has 0 bridgehead atoms. The lowest BCUT2D eigenvalue weighted by atomic mass is 9.88. The Morgan fingerprint density at radius 3 is 2.48 bits per heavy atom. The summed E-state index contributed by atoms with van der Waals surface area (Å²) in [5, 5.41) is 7.97. The molecule has 0 spiro atoms. The van der Waals surface area contributed by atoms with Crippen molar-refractivity contribution < 1.29 is 4.79 Å². The fraction of sp³-hybridized carbons (Fsp3) is 0.750. The summed E-state index contributed by atoms with van der Waals surface area (Å²) in [5.41, 5.74) is 2.62. The Kier molecular flexibility index (Phi) is 4.02. The van der Waals surface area contributed by atoms with Crippen LogP contribution in [0.25, 0.3) is 0 Å². The number of hydrogen-bond acceptors (Lipinski definition) is 3. The first kappa shape index (κ1) is 14.6. The maximum Gasteiger partial charge on any atom is 0.257 e. The third kappa shape index (κ3) is 2.71. The van der Waals surface area contributed by atoms with E-state index >= 15 is 0 Å². The Bertz CT molecular complexity index is 523. The van der Waals surface area contributed by atoms with Gasteiger partial charge in [-0.1, -0.05) is 0 Å². The van der Waals surface area contributed by atoms with Crippen LogP contribution in [0.15, 0.2) is 0 Å². The number of amides is 1. The first-order valence-electron chi connectivity index (χ1n) is 8.10. The molecule has 0 aliphatic carbocycles. The van der Waals surface area contributed by atoms with Crippen molar-refractivity contribution in [2.75, 3.05) is 19.6 Å². The monoisotopic (exact) mass is 290 g/mol. The second-order valence-corrected chi connectivity index (χ2v) is 6.50. The normalized spacial score (nSPS) is 23.8. The third-order valence-electron chi connectivity index (χ3n) is 5.22. The smallest absolute Gasteiger partial charge is 0.257 e. The standard InChI is InChI=1S/C16H26N4O/c1-11-15(12(2)19(3)18-11)16(21)20-9-6-13(7-10-20)14-5-4-8-17-14/h13-14,17H,4-10H2,1-3H3. The molecule has 2 fully saturated rings. The Morgan fingerprint density at radius 2 is 1.95 bits per heavy atom. The number of rotatable bonds is 2.